The zero-order chi connectivity index (χ0) is 15.6. The molecule has 1 saturated heterocycles. The van der Waals surface area contributed by atoms with E-state index in [1.807, 2.05) is 32.0 Å². The van der Waals surface area contributed by atoms with Crippen molar-refractivity contribution >= 4 is 27.8 Å². The van der Waals surface area contributed by atoms with Crippen LogP contribution >= 0.6 is 15.9 Å². The number of carbonyl (C=O) groups is 2. The highest BCUT2D eigenvalue weighted by Gasteiger charge is 2.35. The first-order valence-corrected chi connectivity index (χ1v) is 7.97. The summed E-state index contributed by atoms with van der Waals surface area (Å²) in [5.74, 6) is -1.25. The van der Waals surface area contributed by atoms with Crippen LogP contribution in [0.5, 0.6) is 0 Å². The first-order valence-electron chi connectivity index (χ1n) is 7.18. The molecule has 1 aliphatic heterocycles. The number of hydrogen-bond acceptors (Lipinski definition) is 2. The van der Waals surface area contributed by atoms with Gasteiger partial charge in [0.15, 0.2) is 0 Å². The van der Waals surface area contributed by atoms with Gasteiger partial charge in [-0.05, 0) is 43.9 Å². The molecule has 1 fully saturated rings. The Morgan fingerprint density at radius 1 is 1.43 bits per heavy atom. The number of carbonyl (C=O) groups excluding carboxylic acids is 1. The summed E-state index contributed by atoms with van der Waals surface area (Å²) in [5, 5.41) is 9.23. The molecule has 1 aromatic carbocycles. The van der Waals surface area contributed by atoms with E-state index in [1.165, 1.54) is 0 Å². The van der Waals surface area contributed by atoms with Crippen LogP contribution in [0.1, 0.15) is 30.9 Å². The van der Waals surface area contributed by atoms with E-state index in [9.17, 15) is 14.7 Å². The van der Waals surface area contributed by atoms with Crippen molar-refractivity contribution in [1.29, 1.82) is 0 Å². The zero-order valence-corrected chi connectivity index (χ0v) is 13.9. The third kappa shape index (κ3) is 3.46. The van der Waals surface area contributed by atoms with Crippen LogP contribution < -0.4 is 0 Å². The Labute approximate surface area is 133 Å². The molecule has 5 heteroatoms. The van der Waals surface area contributed by atoms with Crippen LogP contribution in [0.25, 0.3) is 0 Å². The van der Waals surface area contributed by atoms with Crippen molar-refractivity contribution in [3.63, 3.8) is 0 Å². The minimum Gasteiger partial charge on any atom is -0.481 e. The van der Waals surface area contributed by atoms with Crippen LogP contribution in [-0.4, -0.2) is 34.5 Å². The fourth-order valence-corrected chi connectivity index (χ4v) is 3.34. The van der Waals surface area contributed by atoms with E-state index in [-0.39, 0.29) is 11.9 Å². The predicted molar refractivity (Wildman–Crippen MR) is 84.1 cm³/mol. The highest BCUT2D eigenvalue weighted by molar-refractivity contribution is 9.10. The number of hydrogen-bond donors (Lipinski definition) is 1. The average Bonchev–Trinajstić information content (AvgIpc) is 2.43. The summed E-state index contributed by atoms with van der Waals surface area (Å²) >= 11 is 3.47. The van der Waals surface area contributed by atoms with Gasteiger partial charge in [0, 0.05) is 17.1 Å². The Bertz CT molecular complexity index is 558. The lowest BCUT2D eigenvalue weighted by Gasteiger charge is -2.37. The molecule has 1 aliphatic rings. The number of amides is 1. The number of carboxylic acid groups (broad SMARTS) is 1. The molecular formula is C16H20BrNO3. The third-order valence-corrected chi connectivity index (χ3v) is 5.21. The largest absolute Gasteiger partial charge is 0.481 e. The van der Waals surface area contributed by atoms with Crippen molar-refractivity contribution in [3.05, 3.63) is 33.8 Å². The van der Waals surface area contributed by atoms with Gasteiger partial charge in [0.05, 0.1) is 12.3 Å². The van der Waals surface area contributed by atoms with E-state index in [1.54, 1.807) is 4.90 Å². The molecule has 0 saturated carbocycles. The van der Waals surface area contributed by atoms with Crippen molar-refractivity contribution in [2.24, 2.45) is 5.92 Å². The molecule has 0 aliphatic carbocycles. The molecule has 2 rings (SSSR count). The summed E-state index contributed by atoms with van der Waals surface area (Å²) in [5.41, 5.74) is 2.05. The summed E-state index contributed by atoms with van der Waals surface area (Å²) in [6.45, 7) is 4.47. The topological polar surface area (TPSA) is 57.6 Å². The fraction of sp³-hybridized carbons (Fsp3) is 0.500. The molecule has 0 unspecified atom stereocenters. The number of rotatable bonds is 3. The molecule has 1 amide bonds. The molecule has 0 bridgehead atoms. The zero-order valence-electron chi connectivity index (χ0n) is 12.3. The van der Waals surface area contributed by atoms with E-state index in [0.717, 1.165) is 22.0 Å². The Hall–Kier alpha value is -1.36. The Morgan fingerprint density at radius 3 is 2.81 bits per heavy atom. The monoisotopic (exact) mass is 353 g/mol. The fourth-order valence-electron chi connectivity index (χ4n) is 2.93. The highest BCUT2D eigenvalue weighted by Crippen LogP contribution is 2.26. The quantitative estimate of drug-likeness (QED) is 0.908. The van der Waals surface area contributed by atoms with Crippen LogP contribution in [-0.2, 0) is 16.0 Å². The van der Waals surface area contributed by atoms with Crippen molar-refractivity contribution in [3.8, 4) is 0 Å². The maximum absolute atomic E-state index is 12.5. The second kappa shape index (κ2) is 6.60. The number of piperidine rings is 1. The molecule has 1 N–H and O–H groups in total. The minimum absolute atomic E-state index is 0.00894. The van der Waals surface area contributed by atoms with Gasteiger partial charge in [0.25, 0.3) is 0 Å². The summed E-state index contributed by atoms with van der Waals surface area (Å²) in [7, 11) is 0. The average molecular weight is 354 g/mol. The third-order valence-electron chi connectivity index (χ3n) is 4.35. The predicted octanol–water partition coefficient (Wildman–Crippen LogP) is 3.01. The smallest absolute Gasteiger partial charge is 0.308 e. The van der Waals surface area contributed by atoms with Gasteiger partial charge in [0.2, 0.25) is 5.91 Å². The Morgan fingerprint density at radius 2 is 2.14 bits per heavy atom. The standard InChI is InChI=1S/C16H20BrNO3/c1-10-12(5-3-7-14(10)17)9-15(19)18-8-4-6-13(11(18)2)16(20)21/h3,5,7,11,13H,4,6,8-9H2,1-2H3,(H,20,21)/t11-,13-/m1/s1. The van der Waals surface area contributed by atoms with Gasteiger partial charge in [-0.2, -0.15) is 0 Å². The van der Waals surface area contributed by atoms with Gasteiger partial charge in [-0.1, -0.05) is 28.1 Å². The van der Waals surface area contributed by atoms with Crippen molar-refractivity contribution in [1.82, 2.24) is 4.90 Å². The van der Waals surface area contributed by atoms with Gasteiger partial charge in [-0.15, -0.1) is 0 Å². The van der Waals surface area contributed by atoms with Crippen LogP contribution in [0.15, 0.2) is 22.7 Å². The van der Waals surface area contributed by atoms with E-state index in [4.69, 9.17) is 0 Å². The van der Waals surface area contributed by atoms with E-state index in [2.05, 4.69) is 15.9 Å². The lowest BCUT2D eigenvalue weighted by molar-refractivity contribution is -0.148. The minimum atomic E-state index is -0.807. The Balaban J connectivity index is 2.12. The number of halogens is 1. The molecule has 0 radical (unpaired) electrons. The molecule has 1 heterocycles. The maximum atomic E-state index is 12.5. The summed E-state index contributed by atoms with van der Waals surface area (Å²) in [6, 6.07) is 5.57. The molecular weight excluding hydrogens is 334 g/mol. The first kappa shape index (κ1) is 16.0. The van der Waals surface area contributed by atoms with Gasteiger partial charge in [0.1, 0.15) is 0 Å². The molecule has 0 aromatic heterocycles. The second-order valence-corrected chi connectivity index (χ2v) is 6.47. The summed E-state index contributed by atoms with van der Waals surface area (Å²) in [4.78, 5) is 25.5. The van der Waals surface area contributed by atoms with Crippen molar-refractivity contribution in [2.75, 3.05) is 6.54 Å². The van der Waals surface area contributed by atoms with E-state index >= 15 is 0 Å². The molecule has 2 atom stereocenters. The highest BCUT2D eigenvalue weighted by atomic mass is 79.9. The van der Waals surface area contributed by atoms with Crippen LogP contribution in [0, 0.1) is 12.8 Å². The van der Waals surface area contributed by atoms with Crippen LogP contribution in [0.3, 0.4) is 0 Å². The number of carboxylic acids is 1. The SMILES string of the molecule is Cc1c(Br)cccc1CC(=O)N1CCC[C@@H](C(=O)O)[C@H]1C. The Kier molecular flexibility index (Phi) is 5.04. The number of benzene rings is 1. The molecule has 21 heavy (non-hydrogen) atoms. The lowest BCUT2D eigenvalue weighted by atomic mass is 9.89. The van der Waals surface area contributed by atoms with E-state index in [0.29, 0.717) is 19.4 Å². The summed E-state index contributed by atoms with van der Waals surface area (Å²) in [6.07, 6.45) is 1.72. The van der Waals surface area contributed by atoms with Gasteiger partial charge in [-0.3, -0.25) is 9.59 Å². The normalized spacial score (nSPS) is 22.1. The first-order chi connectivity index (χ1) is 9.91. The number of likely N-dealkylation sites (tertiary alicyclic amines) is 1. The van der Waals surface area contributed by atoms with Crippen LogP contribution in [0.4, 0.5) is 0 Å². The molecule has 114 valence electrons. The van der Waals surface area contributed by atoms with E-state index < -0.39 is 11.9 Å². The number of nitrogens with zero attached hydrogens (tertiary/aromatic N) is 1. The molecule has 0 spiro atoms. The van der Waals surface area contributed by atoms with Gasteiger partial charge >= 0.3 is 5.97 Å². The summed E-state index contributed by atoms with van der Waals surface area (Å²) < 4.78 is 0.989. The van der Waals surface area contributed by atoms with Gasteiger partial charge < -0.3 is 10.0 Å². The van der Waals surface area contributed by atoms with Crippen LogP contribution in [0.2, 0.25) is 0 Å². The number of aliphatic carboxylic acids is 1. The molecule has 1 aromatic rings. The van der Waals surface area contributed by atoms with Crippen molar-refractivity contribution in [2.45, 2.75) is 39.2 Å². The molecule has 4 nitrogen and oxygen atoms in total. The van der Waals surface area contributed by atoms with Gasteiger partial charge in [-0.25, -0.2) is 0 Å². The second-order valence-electron chi connectivity index (χ2n) is 5.62. The maximum Gasteiger partial charge on any atom is 0.308 e. The lowest BCUT2D eigenvalue weighted by Crippen LogP contribution is -2.49. The van der Waals surface area contributed by atoms with Crippen molar-refractivity contribution < 1.29 is 14.7 Å².